The summed E-state index contributed by atoms with van der Waals surface area (Å²) in [6, 6.07) is 5.60. The number of benzene rings is 1. The van der Waals surface area contributed by atoms with Gasteiger partial charge in [0.25, 0.3) is 0 Å². The van der Waals surface area contributed by atoms with Crippen LogP contribution in [0.4, 0.5) is 0 Å². The monoisotopic (exact) mass is 307 g/mol. The van der Waals surface area contributed by atoms with Gasteiger partial charge in [0.2, 0.25) is 0 Å². The first-order valence-corrected chi connectivity index (χ1v) is 6.07. The van der Waals surface area contributed by atoms with E-state index in [1.165, 1.54) is 0 Å². The Kier molecular flexibility index (Phi) is 5.13. The van der Waals surface area contributed by atoms with Gasteiger partial charge in [-0.15, -0.1) is 0 Å². The SMILES string of the molecule is C=C(Br)CNC(C)c1cc(Cl)ccc1Cl. The average Bonchev–Trinajstić information content (AvgIpc) is 2.18. The molecule has 0 aliphatic rings. The van der Waals surface area contributed by atoms with E-state index >= 15 is 0 Å². The quantitative estimate of drug-likeness (QED) is 0.860. The van der Waals surface area contributed by atoms with Crippen molar-refractivity contribution in [2.45, 2.75) is 13.0 Å². The van der Waals surface area contributed by atoms with Crippen molar-refractivity contribution < 1.29 is 0 Å². The van der Waals surface area contributed by atoms with Gasteiger partial charge in [0, 0.05) is 27.1 Å². The zero-order valence-electron chi connectivity index (χ0n) is 8.36. The molecule has 0 spiro atoms. The van der Waals surface area contributed by atoms with Crippen LogP contribution in [-0.2, 0) is 0 Å². The van der Waals surface area contributed by atoms with Gasteiger partial charge in [-0.2, -0.15) is 0 Å². The largest absolute Gasteiger partial charge is 0.306 e. The lowest BCUT2D eigenvalue weighted by molar-refractivity contribution is 0.616. The normalized spacial score (nSPS) is 12.5. The van der Waals surface area contributed by atoms with Gasteiger partial charge in [-0.05, 0) is 30.7 Å². The van der Waals surface area contributed by atoms with Gasteiger partial charge >= 0.3 is 0 Å². The number of halogens is 3. The molecule has 1 rings (SSSR count). The van der Waals surface area contributed by atoms with Crippen molar-refractivity contribution in [1.82, 2.24) is 5.32 Å². The van der Waals surface area contributed by atoms with Gasteiger partial charge in [-0.3, -0.25) is 0 Å². The second kappa shape index (κ2) is 5.90. The second-order valence-corrected chi connectivity index (χ2v) is 5.25. The highest BCUT2D eigenvalue weighted by Gasteiger charge is 2.09. The van der Waals surface area contributed by atoms with Gasteiger partial charge in [-0.1, -0.05) is 45.7 Å². The summed E-state index contributed by atoms with van der Waals surface area (Å²) in [7, 11) is 0. The first-order chi connectivity index (χ1) is 7.00. The Morgan fingerprint density at radius 1 is 1.53 bits per heavy atom. The Labute approximate surface area is 109 Å². The molecule has 15 heavy (non-hydrogen) atoms. The molecule has 0 radical (unpaired) electrons. The van der Waals surface area contributed by atoms with Crippen molar-refractivity contribution >= 4 is 39.1 Å². The lowest BCUT2D eigenvalue weighted by Gasteiger charge is -2.15. The Morgan fingerprint density at radius 3 is 2.80 bits per heavy atom. The van der Waals surface area contributed by atoms with Gasteiger partial charge in [0.1, 0.15) is 0 Å². The van der Waals surface area contributed by atoms with E-state index < -0.39 is 0 Å². The number of hydrogen-bond donors (Lipinski definition) is 1. The zero-order valence-corrected chi connectivity index (χ0v) is 11.5. The van der Waals surface area contributed by atoms with Gasteiger partial charge < -0.3 is 5.32 Å². The van der Waals surface area contributed by atoms with E-state index in [0.29, 0.717) is 11.6 Å². The van der Waals surface area contributed by atoms with Crippen molar-refractivity contribution in [2.75, 3.05) is 6.54 Å². The van der Waals surface area contributed by atoms with Crippen molar-refractivity contribution in [3.8, 4) is 0 Å². The summed E-state index contributed by atoms with van der Waals surface area (Å²) in [5, 5.41) is 4.69. The van der Waals surface area contributed by atoms with Crippen molar-refractivity contribution in [3.05, 3.63) is 44.9 Å². The lowest BCUT2D eigenvalue weighted by Crippen LogP contribution is -2.20. The molecule has 1 aromatic rings. The molecule has 0 aromatic heterocycles. The highest BCUT2D eigenvalue weighted by atomic mass is 79.9. The van der Waals surface area contributed by atoms with Crippen LogP contribution in [0, 0.1) is 0 Å². The Balaban J connectivity index is 2.76. The van der Waals surface area contributed by atoms with Crippen LogP contribution in [0.25, 0.3) is 0 Å². The number of rotatable bonds is 4. The first-order valence-electron chi connectivity index (χ1n) is 4.52. The highest BCUT2D eigenvalue weighted by Crippen LogP contribution is 2.26. The standard InChI is InChI=1S/C11H12BrCl2N/c1-7(12)6-15-8(2)10-5-9(13)3-4-11(10)14/h3-5,8,15H,1,6H2,2H3. The third kappa shape index (κ3) is 4.15. The molecular weight excluding hydrogens is 297 g/mol. The molecule has 1 aromatic carbocycles. The summed E-state index contributed by atoms with van der Waals surface area (Å²) < 4.78 is 0.910. The second-order valence-electron chi connectivity index (χ2n) is 3.29. The Bertz CT molecular complexity index is 366. The van der Waals surface area contributed by atoms with E-state index in [0.717, 1.165) is 15.1 Å². The minimum absolute atomic E-state index is 0.144. The van der Waals surface area contributed by atoms with Crippen LogP contribution in [0.1, 0.15) is 18.5 Å². The summed E-state index contributed by atoms with van der Waals surface area (Å²) in [5.41, 5.74) is 0.998. The molecule has 0 bridgehead atoms. The molecule has 82 valence electrons. The van der Waals surface area contributed by atoms with E-state index in [-0.39, 0.29) is 6.04 Å². The maximum absolute atomic E-state index is 6.07. The van der Waals surface area contributed by atoms with Gasteiger partial charge in [0.15, 0.2) is 0 Å². The van der Waals surface area contributed by atoms with E-state index in [9.17, 15) is 0 Å². The lowest BCUT2D eigenvalue weighted by atomic mass is 10.1. The van der Waals surface area contributed by atoms with Crippen LogP contribution >= 0.6 is 39.1 Å². The van der Waals surface area contributed by atoms with Crippen LogP contribution in [0.3, 0.4) is 0 Å². The molecule has 1 N–H and O–H groups in total. The summed E-state index contributed by atoms with van der Waals surface area (Å²) in [6.07, 6.45) is 0. The van der Waals surface area contributed by atoms with Crippen LogP contribution < -0.4 is 5.32 Å². The van der Waals surface area contributed by atoms with E-state index in [4.69, 9.17) is 23.2 Å². The molecule has 1 atom stereocenters. The average molecular weight is 309 g/mol. The van der Waals surface area contributed by atoms with Crippen LogP contribution in [-0.4, -0.2) is 6.54 Å². The van der Waals surface area contributed by atoms with E-state index in [1.807, 2.05) is 13.0 Å². The zero-order chi connectivity index (χ0) is 11.4. The van der Waals surface area contributed by atoms with E-state index in [1.54, 1.807) is 12.1 Å². The summed E-state index contributed by atoms with van der Waals surface area (Å²) in [4.78, 5) is 0. The number of nitrogens with one attached hydrogen (secondary N) is 1. The summed E-state index contributed by atoms with van der Waals surface area (Å²) in [6.45, 7) is 6.49. The predicted octanol–water partition coefficient (Wildman–Crippen LogP) is 4.55. The fourth-order valence-corrected chi connectivity index (χ4v) is 1.84. The molecule has 0 amide bonds. The molecule has 0 aliphatic carbocycles. The van der Waals surface area contributed by atoms with Gasteiger partial charge in [0.05, 0.1) is 0 Å². The van der Waals surface area contributed by atoms with Crippen LogP contribution in [0.5, 0.6) is 0 Å². The summed E-state index contributed by atoms with van der Waals surface area (Å²) in [5.74, 6) is 0. The molecule has 1 nitrogen and oxygen atoms in total. The summed E-state index contributed by atoms with van der Waals surface area (Å²) >= 11 is 15.3. The smallest absolute Gasteiger partial charge is 0.0454 e. The molecule has 0 saturated carbocycles. The fourth-order valence-electron chi connectivity index (χ4n) is 1.22. The molecule has 0 heterocycles. The van der Waals surface area contributed by atoms with Crippen molar-refractivity contribution in [1.29, 1.82) is 0 Å². The van der Waals surface area contributed by atoms with Crippen molar-refractivity contribution in [3.63, 3.8) is 0 Å². The molecular formula is C11H12BrCl2N. The highest BCUT2D eigenvalue weighted by molar-refractivity contribution is 9.11. The van der Waals surface area contributed by atoms with E-state index in [2.05, 4.69) is 27.8 Å². The van der Waals surface area contributed by atoms with Crippen LogP contribution in [0.2, 0.25) is 10.0 Å². The van der Waals surface area contributed by atoms with Crippen molar-refractivity contribution in [2.24, 2.45) is 0 Å². The van der Waals surface area contributed by atoms with Crippen LogP contribution in [0.15, 0.2) is 29.3 Å². The fraction of sp³-hybridized carbons (Fsp3) is 0.273. The Morgan fingerprint density at radius 2 is 2.20 bits per heavy atom. The maximum atomic E-state index is 6.07. The molecule has 4 heteroatoms. The maximum Gasteiger partial charge on any atom is 0.0454 e. The van der Waals surface area contributed by atoms with Gasteiger partial charge in [-0.25, -0.2) is 0 Å². The Hall–Kier alpha value is -0.0200. The molecule has 0 fully saturated rings. The first kappa shape index (κ1) is 13.0. The number of hydrogen-bond acceptors (Lipinski definition) is 1. The minimum Gasteiger partial charge on any atom is -0.306 e. The topological polar surface area (TPSA) is 12.0 Å². The minimum atomic E-state index is 0.144. The molecule has 1 unspecified atom stereocenters. The molecule has 0 aliphatic heterocycles. The third-order valence-electron chi connectivity index (χ3n) is 2.02. The molecule has 0 saturated heterocycles. The third-order valence-corrected chi connectivity index (χ3v) is 2.88. The predicted molar refractivity (Wildman–Crippen MR) is 70.9 cm³/mol.